The number of rotatable bonds is 4. The molecule has 6 heteroatoms. The minimum Gasteiger partial charge on any atom is -0.462 e. The Kier molecular flexibility index (Phi) is 5.80. The van der Waals surface area contributed by atoms with Gasteiger partial charge >= 0.3 is 5.97 Å². The molecule has 2 aromatic rings. The van der Waals surface area contributed by atoms with Crippen LogP contribution in [-0.2, 0) is 4.74 Å². The summed E-state index contributed by atoms with van der Waals surface area (Å²) in [5.41, 5.74) is 1.95. The minimum absolute atomic E-state index is 0.294. The van der Waals surface area contributed by atoms with Gasteiger partial charge in [0.2, 0.25) is 0 Å². The van der Waals surface area contributed by atoms with E-state index in [0.717, 1.165) is 4.47 Å². The molecule has 0 aliphatic carbocycles. The first-order valence-corrected chi connectivity index (χ1v) is 8.14. The van der Waals surface area contributed by atoms with Gasteiger partial charge in [-0.3, -0.25) is 4.79 Å². The van der Waals surface area contributed by atoms with Gasteiger partial charge in [-0.2, -0.15) is 0 Å². The predicted octanol–water partition coefficient (Wildman–Crippen LogP) is 4.84. The second-order valence-electron chi connectivity index (χ2n) is 4.78. The van der Waals surface area contributed by atoms with Crippen molar-refractivity contribution in [2.24, 2.45) is 0 Å². The quantitative estimate of drug-likeness (QED) is 0.752. The number of hydrogen-bond donors (Lipinski definition) is 1. The van der Waals surface area contributed by atoms with E-state index in [1.165, 1.54) is 0 Å². The van der Waals surface area contributed by atoms with Crippen molar-refractivity contribution in [2.45, 2.75) is 13.8 Å². The minimum atomic E-state index is -0.415. The van der Waals surface area contributed by atoms with Gasteiger partial charge in [-0.15, -0.1) is 0 Å². The fourth-order valence-electron chi connectivity index (χ4n) is 2.06. The smallest absolute Gasteiger partial charge is 0.338 e. The van der Waals surface area contributed by atoms with Crippen molar-refractivity contribution in [1.29, 1.82) is 0 Å². The molecule has 0 aromatic heterocycles. The van der Waals surface area contributed by atoms with Crippen LogP contribution in [0.4, 0.5) is 5.69 Å². The number of hydrogen-bond acceptors (Lipinski definition) is 3. The molecule has 0 saturated heterocycles. The molecule has 0 bridgehead atoms. The van der Waals surface area contributed by atoms with Gasteiger partial charge in [0.25, 0.3) is 5.91 Å². The summed E-state index contributed by atoms with van der Waals surface area (Å²) in [6, 6.07) is 10.1. The van der Waals surface area contributed by atoms with E-state index in [0.29, 0.717) is 34.0 Å². The van der Waals surface area contributed by atoms with Crippen molar-refractivity contribution in [3.8, 4) is 0 Å². The number of benzene rings is 2. The maximum Gasteiger partial charge on any atom is 0.338 e. The Morgan fingerprint density at radius 3 is 2.65 bits per heavy atom. The number of carbonyl (C=O) groups is 2. The highest BCUT2D eigenvalue weighted by atomic mass is 79.9. The molecular weight excluding hydrogens is 382 g/mol. The van der Waals surface area contributed by atoms with E-state index in [-0.39, 0.29) is 5.91 Å². The van der Waals surface area contributed by atoms with Crippen LogP contribution in [0.5, 0.6) is 0 Å². The number of carbonyl (C=O) groups excluding carboxylic acids is 2. The fraction of sp³-hybridized carbons (Fsp3) is 0.176. The SMILES string of the molecule is CCOC(=O)c1cccc(NC(=O)c2cc(Br)ccc2Cl)c1C. The van der Waals surface area contributed by atoms with Crippen molar-refractivity contribution < 1.29 is 14.3 Å². The molecule has 2 rings (SSSR count). The Balaban J connectivity index is 2.30. The normalized spacial score (nSPS) is 10.3. The fourth-order valence-corrected chi connectivity index (χ4v) is 2.63. The van der Waals surface area contributed by atoms with Crippen LogP contribution in [0.2, 0.25) is 5.02 Å². The summed E-state index contributed by atoms with van der Waals surface area (Å²) in [7, 11) is 0. The summed E-state index contributed by atoms with van der Waals surface area (Å²) in [6.45, 7) is 3.79. The highest BCUT2D eigenvalue weighted by Crippen LogP contribution is 2.24. The predicted molar refractivity (Wildman–Crippen MR) is 94.2 cm³/mol. The average Bonchev–Trinajstić information content (AvgIpc) is 2.51. The highest BCUT2D eigenvalue weighted by Gasteiger charge is 2.16. The molecule has 0 radical (unpaired) electrons. The van der Waals surface area contributed by atoms with E-state index in [1.807, 2.05) is 0 Å². The molecule has 0 atom stereocenters. The third kappa shape index (κ3) is 4.12. The molecule has 1 amide bonds. The van der Waals surface area contributed by atoms with E-state index in [1.54, 1.807) is 50.2 Å². The molecule has 4 nitrogen and oxygen atoms in total. The molecule has 2 aromatic carbocycles. The molecule has 23 heavy (non-hydrogen) atoms. The Bertz CT molecular complexity index is 761. The summed E-state index contributed by atoms with van der Waals surface area (Å²) in [6.07, 6.45) is 0. The largest absolute Gasteiger partial charge is 0.462 e. The summed E-state index contributed by atoms with van der Waals surface area (Å²) in [5, 5.41) is 3.13. The third-order valence-corrected chi connectivity index (χ3v) is 4.07. The molecule has 0 spiro atoms. The standard InChI is InChI=1S/C17H15BrClNO3/c1-3-23-17(22)12-5-4-6-15(10(12)2)20-16(21)13-9-11(18)7-8-14(13)19/h4-9H,3H2,1-2H3,(H,20,21). The second-order valence-corrected chi connectivity index (χ2v) is 6.10. The van der Waals surface area contributed by atoms with Gasteiger partial charge in [0.1, 0.15) is 0 Å². The molecule has 0 fully saturated rings. The van der Waals surface area contributed by atoms with Crippen molar-refractivity contribution in [3.05, 3.63) is 62.6 Å². The van der Waals surface area contributed by atoms with E-state index in [2.05, 4.69) is 21.2 Å². The first-order chi connectivity index (χ1) is 10.9. The van der Waals surface area contributed by atoms with Gasteiger partial charge in [0.15, 0.2) is 0 Å². The topological polar surface area (TPSA) is 55.4 Å². The molecule has 0 saturated carbocycles. The maximum absolute atomic E-state index is 12.4. The molecule has 0 unspecified atom stereocenters. The van der Waals surface area contributed by atoms with Gasteiger partial charge in [-0.1, -0.05) is 33.6 Å². The van der Waals surface area contributed by atoms with Crippen LogP contribution in [0, 0.1) is 6.92 Å². The highest BCUT2D eigenvalue weighted by molar-refractivity contribution is 9.10. The van der Waals surface area contributed by atoms with Gasteiger partial charge in [0.05, 0.1) is 22.8 Å². The van der Waals surface area contributed by atoms with Crippen molar-refractivity contribution in [2.75, 3.05) is 11.9 Å². The number of esters is 1. The third-order valence-electron chi connectivity index (χ3n) is 3.25. The lowest BCUT2D eigenvalue weighted by Crippen LogP contribution is -2.15. The Morgan fingerprint density at radius 2 is 1.96 bits per heavy atom. The molecule has 120 valence electrons. The number of ether oxygens (including phenoxy) is 1. The van der Waals surface area contributed by atoms with Gasteiger partial charge in [0, 0.05) is 10.2 Å². The van der Waals surface area contributed by atoms with E-state index >= 15 is 0 Å². The Morgan fingerprint density at radius 1 is 1.22 bits per heavy atom. The van der Waals surface area contributed by atoms with Crippen LogP contribution in [0.3, 0.4) is 0 Å². The molecule has 0 aliphatic rings. The lowest BCUT2D eigenvalue weighted by atomic mass is 10.1. The van der Waals surface area contributed by atoms with Crippen LogP contribution in [0.25, 0.3) is 0 Å². The number of nitrogens with one attached hydrogen (secondary N) is 1. The van der Waals surface area contributed by atoms with Crippen molar-refractivity contribution in [1.82, 2.24) is 0 Å². The number of halogens is 2. The molecule has 0 heterocycles. The van der Waals surface area contributed by atoms with E-state index in [9.17, 15) is 9.59 Å². The summed E-state index contributed by atoms with van der Waals surface area (Å²) in [4.78, 5) is 24.3. The molecule has 0 aliphatic heterocycles. The van der Waals surface area contributed by atoms with Crippen LogP contribution >= 0.6 is 27.5 Å². The first kappa shape index (κ1) is 17.5. The first-order valence-electron chi connectivity index (χ1n) is 6.97. The molecular formula is C17H15BrClNO3. The monoisotopic (exact) mass is 395 g/mol. The van der Waals surface area contributed by atoms with Gasteiger partial charge < -0.3 is 10.1 Å². The lowest BCUT2D eigenvalue weighted by Gasteiger charge is -2.12. The zero-order valence-electron chi connectivity index (χ0n) is 12.7. The van der Waals surface area contributed by atoms with Crippen LogP contribution in [0.15, 0.2) is 40.9 Å². The summed E-state index contributed by atoms with van der Waals surface area (Å²) in [5.74, 6) is -0.762. The van der Waals surface area contributed by atoms with Crippen LogP contribution < -0.4 is 5.32 Å². The zero-order valence-corrected chi connectivity index (χ0v) is 15.0. The maximum atomic E-state index is 12.4. The Labute approximate surface area is 147 Å². The van der Waals surface area contributed by atoms with Crippen molar-refractivity contribution >= 4 is 45.1 Å². The number of amides is 1. The van der Waals surface area contributed by atoms with E-state index in [4.69, 9.17) is 16.3 Å². The van der Waals surface area contributed by atoms with Gasteiger partial charge in [-0.05, 0) is 49.7 Å². The summed E-state index contributed by atoms with van der Waals surface area (Å²) >= 11 is 9.38. The van der Waals surface area contributed by atoms with Crippen molar-refractivity contribution in [3.63, 3.8) is 0 Å². The lowest BCUT2D eigenvalue weighted by molar-refractivity contribution is 0.0525. The Hall–Kier alpha value is -1.85. The second kappa shape index (κ2) is 7.62. The van der Waals surface area contributed by atoms with Crippen LogP contribution in [-0.4, -0.2) is 18.5 Å². The zero-order chi connectivity index (χ0) is 17.0. The number of anilines is 1. The summed E-state index contributed by atoms with van der Waals surface area (Å²) < 4.78 is 5.76. The molecule has 1 N–H and O–H groups in total. The van der Waals surface area contributed by atoms with Gasteiger partial charge in [-0.25, -0.2) is 4.79 Å². The average molecular weight is 397 g/mol. The van der Waals surface area contributed by atoms with Crippen LogP contribution in [0.1, 0.15) is 33.2 Å². The van der Waals surface area contributed by atoms with E-state index < -0.39 is 5.97 Å².